The molecular formula is C33H30N2. The molecule has 2 unspecified atom stereocenters. The number of rotatable bonds is 4. The lowest BCUT2D eigenvalue weighted by atomic mass is 9.82. The number of nitrogens with zero attached hydrogens (tertiary/aromatic N) is 2. The molecule has 0 aliphatic carbocycles. The van der Waals surface area contributed by atoms with Crippen LogP contribution in [0.3, 0.4) is 0 Å². The number of aromatic nitrogens is 1. The summed E-state index contributed by atoms with van der Waals surface area (Å²) in [6.07, 6.45) is 7.63. The third-order valence-corrected chi connectivity index (χ3v) is 8.07. The number of fused-ring (bicyclic) bond motifs is 5. The van der Waals surface area contributed by atoms with Crippen molar-refractivity contribution < 1.29 is 0 Å². The summed E-state index contributed by atoms with van der Waals surface area (Å²) in [6, 6.07) is 38.9. The van der Waals surface area contributed by atoms with Crippen molar-refractivity contribution in [2.45, 2.75) is 44.3 Å². The first kappa shape index (κ1) is 20.7. The van der Waals surface area contributed by atoms with E-state index in [1.807, 2.05) is 0 Å². The molecule has 1 saturated heterocycles. The van der Waals surface area contributed by atoms with E-state index in [0.717, 1.165) is 13.0 Å². The molecule has 3 heterocycles. The van der Waals surface area contributed by atoms with Crippen molar-refractivity contribution in [3.63, 3.8) is 0 Å². The number of hydrogen-bond donors (Lipinski definition) is 0. The second kappa shape index (κ2) is 8.55. The maximum Gasteiger partial charge on any atom is 0.0541 e. The van der Waals surface area contributed by atoms with Gasteiger partial charge in [0.15, 0.2) is 0 Å². The highest BCUT2D eigenvalue weighted by Crippen LogP contribution is 2.38. The van der Waals surface area contributed by atoms with Gasteiger partial charge < -0.3 is 4.57 Å². The molecule has 2 bridgehead atoms. The molecule has 172 valence electrons. The minimum atomic E-state index is 0.551. The molecule has 0 radical (unpaired) electrons. The van der Waals surface area contributed by atoms with Crippen molar-refractivity contribution in [3.05, 3.63) is 120 Å². The smallest absolute Gasteiger partial charge is 0.0541 e. The summed E-state index contributed by atoms with van der Waals surface area (Å²) in [4.78, 5) is 2.74. The Bertz CT molecular complexity index is 1470. The molecule has 0 amide bonds. The summed E-state index contributed by atoms with van der Waals surface area (Å²) in [7, 11) is 0. The van der Waals surface area contributed by atoms with Crippen LogP contribution in [0.25, 0.3) is 33.1 Å². The van der Waals surface area contributed by atoms with E-state index in [4.69, 9.17) is 0 Å². The van der Waals surface area contributed by atoms with Crippen molar-refractivity contribution in [1.29, 1.82) is 0 Å². The molecule has 2 aliphatic rings. The molecule has 0 spiro atoms. The van der Waals surface area contributed by atoms with Crippen LogP contribution in [-0.4, -0.2) is 21.6 Å². The Hall–Kier alpha value is -3.62. The van der Waals surface area contributed by atoms with Crippen LogP contribution in [0.1, 0.15) is 36.8 Å². The normalized spacial score (nSPS) is 20.3. The molecule has 2 atom stereocenters. The lowest BCUT2D eigenvalue weighted by Gasteiger charge is -2.45. The Morgan fingerprint density at radius 2 is 1.31 bits per heavy atom. The number of hydrogen-bond acceptors (Lipinski definition) is 1. The molecule has 2 aliphatic heterocycles. The zero-order valence-corrected chi connectivity index (χ0v) is 20.0. The average Bonchev–Trinajstić information content (AvgIpc) is 3.24. The van der Waals surface area contributed by atoms with Gasteiger partial charge in [-0.1, -0.05) is 91.4 Å². The van der Waals surface area contributed by atoms with Crippen molar-refractivity contribution in [2.24, 2.45) is 0 Å². The predicted molar refractivity (Wildman–Crippen MR) is 147 cm³/mol. The van der Waals surface area contributed by atoms with Crippen LogP contribution < -0.4 is 0 Å². The second-order valence-electron chi connectivity index (χ2n) is 10.1. The minimum absolute atomic E-state index is 0.551. The van der Waals surface area contributed by atoms with Gasteiger partial charge >= 0.3 is 0 Å². The fourth-order valence-corrected chi connectivity index (χ4v) is 6.40. The summed E-state index contributed by atoms with van der Waals surface area (Å²) in [6.45, 7) is 1.06. The minimum Gasteiger partial charge on any atom is -0.309 e. The quantitative estimate of drug-likeness (QED) is 0.267. The largest absolute Gasteiger partial charge is 0.309 e. The molecular weight excluding hydrogens is 424 g/mol. The maximum atomic E-state index is 2.74. The van der Waals surface area contributed by atoms with Crippen LogP contribution in [0, 0.1) is 0 Å². The van der Waals surface area contributed by atoms with E-state index in [1.165, 1.54) is 63.5 Å². The van der Waals surface area contributed by atoms with Crippen LogP contribution in [-0.2, 0) is 6.54 Å². The molecule has 35 heavy (non-hydrogen) atoms. The highest BCUT2D eigenvalue weighted by molar-refractivity contribution is 6.09. The lowest BCUT2D eigenvalue weighted by Crippen LogP contribution is -2.47. The molecule has 4 aromatic carbocycles. The van der Waals surface area contributed by atoms with Gasteiger partial charge in [-0.05, 0) is 60.2 Å². The summed E-state index contributed by atoms with van der Waals surface area (Å²) >= 11 is 0. The number of para-hydroxylation sites is 2. The summed E-state index contributed by atoms with van der Waals surface area (Å²) in [5.41, 5.74) is 8.10. The van der Waals surface area contributed by atoms with Crippen molar-refractivity contribution in [3.8, 4) is 5.69 Å². The SMILES string of the molecule is C1=C(c2ccc(-n3c4ccccc4c4ccccc43)cc2)CC2CCCC1N2Cc1ccccc1. The summed E-state index contributed by atoms with van der Waals surface area (Å²) < 4.78 is 2.40. The van der Waals surface area contributed by atoms with Crippen LogP contribution in [0.2, 0.25) is 0 Å². The summed E-state index contributed by atoms with van der Waals surface area (Å²) in [5.74, 6) is 0. The highest BCUT2D eigenvalue weighted by atomic mass is 15.2. The maximum absolute atomic E-state index is 2.74. The van der Waals surface area contributed by atoms with Crippen LogP contribution in [0.15, 0.2) is 109 Å². The Morgan fingerprint density at radius 3 is 2.00 bits per heavy atom. The first-order valence-corrected chi connectivity index (χ1v) is 12.9. The lowest BCUT2D eigenvalue weighted by molar-refractivity contribution is 0.0951. The molecule has 1 aromatic heterocycles. The first-order chi connectivity index (χ1) is 17.3. The van der Waals surface area contributed by atoms with Gasteiger partial charge in [0.1, 0.15) is 0 Å². The molecule has 1 fully saturated rings. The molecule has 0 N–H and O–H groups in total. The Morgan fingerprint density at radius 1 is 0.657 bits per heavy atom. The van der Waals surface area contributed by atoms with Crippen molar-refractivity contribution in [2.75, 3.05) is 0 Å². The molecule has 2 nitrogen and oxygen atoms in total. The van der Waals surface area contributed by atoms with E-state index >= 15 is 0 Å². The summed E-state index contributed by atoms with van der Waals surface area (Å²) in [5, 5.41) is 2.63. The van der Waals surface area contributed by atoms with Crippen LogP contribution >= 0.6 is 0 Å². The van der Waals surface area contributed by atoms with Gasteiger partial charge in [-0.15, -0.1) is 0 Å². The van der Waals surface area contributed by atoms with E-state index in [1.54, 1.807) is 0 Å². The zero-order chi connectivity index (χ0) is 23.2. The highest BCUT2D eigenvalue weighted by Gasteiger charge is 2.34. The fourth-order valence-electron chi connectivity index (χ4n) is 6.40. The predicted octanol–water partition coefficient (Wildman–Crippen LogP) is 7.99. The molecule has 5 aromatic rings. The topological polar surface area (TPSA) is 8.17 Å². The van der Waals surface area contributed by atoms with E-state index in [9.17, 15) is 0 Å². The van der Waals surface area contributed by atoms with Crippen molar-refractivity contribution in [1.82, 2.24) is 9.47 Å². The van der Waals surface area contributed by atoms with E-state index in [-0.39, 0.29) is 0 Å². The van der Waals surface area contributed by atoms with Gasteiger partial charge in [0.2, 0.25) is 0 Å². The molecule has 2 heteroatoms. The first-order valence-electron chi connectivity index (χ1n) is 12.9. The molecule has 0 saturated carbocycles. The van der Waals surface area contributed by atoms with Gasteiger partial charge in [0.05, 0.1) is 11.0 Å². The van der Waals surface area contributed by atoms with Gasteiger partial charge in [-0.25, -0.2) is 0 Å². The van der Waals surface area contributed by atoms with Crippen molar-refractivity contribution >= 4 is 27.4 Å². The standard InChI is InChI=1S/C33H30N2/c1-2-9-24(10-3-1)23-34-28-11-8-12-29(34)22-26(21-28)25-17-19-27(20-18-25)35-32-15-6-4-13-30(32)31-14-5-7-16-33(31)35/h1-7,9-10,13-21,28-29H,8,11-12,22-23H2. The zero-order valence-electron chi connectivity index (χ0n) is 20.0. The molecule has 7 rings (SSSR count). The van der Waals surface area contributed by atoms with Crippen LogP contribution in [0.5, 0.6) is 0 Å². The van der Waals surface area contributed by atoms with Gasteiger partial charge in [0, 0.05) is 35.1 Å². The fraction of sp³-hybridized carbons (Fsp3) is 0.212. The van der Waals surface area contributed by atoms with Gasteiger partial charge in [-0.2, -0.15) is 0 Å². The third-order valence-electron chi connectivity index (χ3n) is 8.07. The van der Waals surface area contributed by atoms with E-state index in [2.05, 4.69) is 119 Å². The number of benzene rings is 4. The monoisotopic (exact) mass is 454 g/mol. The third kappa shape index (κ3) is 3.61. The van der Waals surface area contributed by atoms with E-state index < -0.39 is 0 Å². The Labute approximate surface area is 207 Å². The van der Waals surface area contributed by atoms with E-state index in [0.29, 0.717) is 12.1 Å². The second-order valence-corrected chi connectivity index (χ2v) is 10.1. The Balaban J connectivity index is 1.22. The van der Waals surface area contributed by atoms with Gasteiger partial charge in [0.25, 0.3) is 0 Å². The van der Waals surface area contributed by atoms with Crippen LogP contribution in [0.4, 0.5) is 0 Å². The average molecular weight is 455 g/mol. The Kier molecular flexibility index (Phi) is 5.06. The van der Waals surface area contributed by atoms with Gasteiger partial charge in [-0.3, -0.25) is 4.90 Å². The number of piperidine rings is 1.